The third-order valence-corrected chi connectivity index (χ3v) is 8.14. The third kappa shape index (κ3) is 2.94. The van der Waals surface area contributed by atoms with Crippen molar-refractivity contribution in [1.29, 1.82) is 0 Å². The Morgan fingerprint density at radius 2 is 1.42 bits per heavy atom. The maximum atomic E-state index is 13.8. The van der Waals surface area contributed by atoms with Crippen molar-refractivity contribution >= 4 is 49.1 Å². The number of carbonyl (C=O) groups is 1. The highest BCUT2D eigenvalue weighted by atomic mass is 32.2. The zero-order chi connectivity index (χ0) is 20.9. The molecular weight excluding hydrogens is 420 g/mol. The van der Waals surface area contributed by atoms with Gasteiger partial charge in [0, 0.05) is 42.1 Å². The minimum absolute atomic E-state index is 0.0715. The number of hydrogen-bond acceptors (Lipinski definition) is 4. The van der Waals surface area contributed by atoms with Gasteiger partial charge >= 0.3 is 0 Å². The topological polar surface area (TPSA) is 34.1 Å². The predicted octanol–water partition coefficient (Wildman–Crippen LogP) is 6.70. The third-order valence-electron chi connectivity index (χ3n) is 5.79. The first-order valence-electron chi connectivity index (χ1n) is 10.1. The zero-order valence-electron chi connectivity index (χ0n) is 16.4. The molecule has 5 aromatic rings. The van der Waals surface area contributed by atoms with Crippen molar-refractivity contribution in [3.05, 3.63) is 117 Å². The van der Waals surface area contributed by atoms with Gasteiger partial charge in [0.1, 0.15) is 0 Å². The fourth-order valence-corrected chi connectivity index (χ4v) is 6.51. The minimum atomic E-state index is -0.0815. The minimum Gasteiger partial charge on any atom is -0.289 e. The van der Waals surface area contributed by atoms with Crippen LogP contribution in [-0.4, -0.2) is 5.78 Å². The highest BCUT2D eigenvalue weighted by molar-refractivity contribution is 7.99. The molecule has 31 heavy (non-hydrogen) atoms. The summed E-state index contributed by atoms with van der Waals surface area (Å²) in [6.07, 6.45) is 0.723. The highest BCUT2D eigenvalue weighted by Crippen LogP contribution is 2.41. The average molecular weight is 437 g/mol. The molecule has 0 radical (unpaired) electrons. The van der Waals surface area contributed by atoms with Gasteiger partial charge in [0.15, 0.2) is 11.2 Å². The molecule has 0 fully saturated rings. The first-order valence-corrected chi connectivity index (χ1v) is 11.7. The number of hydrogen-bond donors (Lipinski definition) is 0. The van der Waals surface area contributed by atoms with Crippen molar-refractivity contribution in [2.24, 2.45) is 0 Å². The van der Waals surface area contributed by atoms with Gasteiger partial charge < -0.3 is 0 Å². The van der Waals surface area contributed by atoms with Gasteiger partial charge in [-0.15, -0.1) is 11.3 Å². The van der Waals surface area contributed by atoms with Crippen LogP contribution in [0, 0.1) is 0 Å². The van der Waals surface area contributed by atoms with E-state index in [2.05, 4.69) is 18.2 Å². The Hall–Kier alpha value is -3.21. The molecule has 4 heteroatoms. The quantitative estimate of drug-likeness (QED) is 0.224. The molecule has 0 bridgehead atoms. The van der Waals surface area contributed by atoms with E-state index in [1.807, 2.05) is 60.7 Å². The van der Waals surface area contributed by atoms with Crippen LogP contribution in [0.2, 0.25) is 0 Å². The second kappa shape index (κ2) is 7.19. The molecule has 148 valence electrons. The van der Waals surface area contributed by atoms with E-state index in [1.54, 1.807) is 29.2 Å². The molecule has 0 unspecified atom stereocenters. The van der Waals surface area contributed by atoms with Crippen LogP contribution in [0.15, 0.2) is 99.5 Å². The summed E-state index contributed by atoms with van der Waals surface area (Å²) < 4.78 is 1.79. The summed E-state index contributed by atoms with van der Waals surface area (Å²) >= 11 is 3.26. The Labute approximate surface area is 187 Å². The van der Waals surface area contributed by atoms with Gasteiger partial charge in [-0.1, -0.05) is 66.4 Å². The summed E-state index contributed by atoms with van der Waals surface area (Å²) in [5.74, 6) is -0.0815. The lowest BCUT2D eigenvalue weighted by molar-refractivity contribution is 0.103. The average Bonchev–Trinajstić information content (AvgIpc) is 2.81. The van der Waals surface area contributed by atoms with E-state index in [0.717, 1.165) is 26.3 Å². The molecule has 6 rings (SSSR count). The summed E-state index contributed by atoms with van der Waals surface area (Å²) in [5.41, 5.74) is 3.38. The van der Waals surface area contributed by atoms with Crippen LogP contribution in [-0.2, 0) is 6.42 Å². The van der Waals surface area contributed by atoms with Crippen LogP contribution < -0.4 is 5.43 Å². The lowest BCUT2D eigenvalue weighted by atomic mass is 9.92. The molecule has 0 aliphatic carbocycles. The van der Waals surface area contributed by atoms with E-state index in [4.69, 9.17) is 0 Å². The molecule has 0 N–H and O–H groups in total. The lowest BCUT2D eigenvalue weighted by Gasteiger charge is -2.21. The highest BCUT2D eigenvalue weighted by Gasteiger charge is 2.24. The fourth-order valence-electron chi connectivity index (χ4n) is 4.30. The molecule has 0 saturated heterocycles. The van der Waals surface area contributed by atoms with E-state index in [1.165, 1.54) is 10.5 Å². The van der Waals surface area contributed by atoms with Crippen LogP contribution in [0.3, 0.4) is 0 Å². The molecule has 0 amide bonds. The monoisotopic (exact) mass is 436 g/mol. The van der Waals surface area contributed by atoms with Gasteiger partial charge in [0.05, 0.1) is 5.39 Å². The van der Waals surface area contributed by atoms with Gasteiger partial charge in [0.2, 0.25) is 0 Å². The van der Waals surface area contributed by atoms with Crippen LogP contribution in [0.5, 0.6) is 0 Å². The molecule has 2 nitrogen and oxygen atoms in total. The Morgan fingerprint density at radius 3 is 2.35 bits per heavy atom. The van der Waals surface area contributed by atoms with E-state index in [0.29, 0.717) is 21.9 Å². The molecular formula is C27H16O2S2. The molecule has 1 aromatic heterocycles. The fraction of sp³-hybridized carbons (Fsp3) is 0.0370. The standard InChI is InChI=1S/C27H16O2S2/c28-26(17-9-5-13-23-20(17)15-16-7-1-3-11-21(16)30-23)19-10-6-14-24-25(19)27(29)18-8-2-4-12-22(18)31-24/h1-14H,15H2. The molecule has 0 saturated carbocycles. The normalized spacial score (nSPS) is 12.5. The van der Waals surface area contributed by atoms with E-state index >= 15 is 0 Å². The number of benzene rings is 4. The smallest absolute Gasteiger partial charge is 0.196 e. The molecule has 1 aliphatic rings. The number of carbonyl (C=O) groups excluding carboxylic acids is 1. The largest absolute Gasteiger partial charge is 0.289 e. The van der Waals surface area contributed by atoms with Crippen LogP contribution in [0.1, 0.15) is 27.0 Å². The second-order valence-electron chi connectivity index (χ2n) is 7.60. The Kier molecular flexibility index (Phi) is 4.30. The van der Waals surface area contributed by atoms with Crippen molar-refractivity contribution < 1.29 is 4.79 Å². The zero-order valence-corrected chi connectivity index (χ0v) is 18.1. The van der Waals surface area contributed by atoms with Crippen molar-refractivity contribution in [3.8, 4) is 0 Å². The second-order valence-corrected chi connectivity index (χ2v) is 9.77. The Balaban J connectivity index is 1.56. The molecule has 1 aliphatic heterocycles. The predicted molar refractivity (Wildman–Crippen MR) is 129 cm³/mol. The molecule has 0 atom stereocenters. The maximum absolute atomic E-state index is 13.8. The van der Waals surface area contributed by atoms with E-state index in [9.17, 15) is 9.59 Å². The summed E-state index contributed by atoms with van der Waals surface area (Å²) in [6, 6.07) is 27.4. The van der Waals surface area contributed by atoms with Crippen molar-refractivity contribution in [2.75, 3.05) is 0 Å². The van der Waals surface area contributed by atoms with Gasteiger partial charge in [-0.3, -0.25) is 9.59 Å². The Bertz CT molecular complexity index is 1580. The van der Waals surface area contributed by atoms with Crippen molar-refractivity contribution in [1.82, 2.24) is 0 Å². The first kappa shape index (κ1) is 18.6. The van der Waals surface area contributed by atoms with Crippen molar-refractivity contribution in [2.45, 2.75) is 16.2 Å². The van der Waals surface area contributed by atoms with Gasteiger partial charge in [-0.25, -0.2) is 0 Å². The van der Waals surface area contributed by atoms with Gasteiger partial charge in [-0.05, 0) is 41.5 Å². The van der Waals surface area contributed by atoms with Crippen molar-refractivity contribution in [3.63, 3.8) is 0 Å². The molecule has 0 spiro atoms. The summed E-state index contributed by atoms with van der Waals surface area (Å²) in [7, 11) is 0. The summed E-state index contributed by atoms with van der Waals surface area (Å²) in [6.45, 7) is 0. The van der Waals surface area contributed by atoms with E-state index in [-0.39, 0.29) is 11.2 Å². The number of fused-ring (bicyclic) bond motifs is 4. The first-order chi connectivity index (χ1) is 15.2. The van der Waals surface area contributed by atoms with E-state index < -0.39 is 0 Å². The van der Waals surface area contributed by atoms with Gasteiger partial charge in [0.25, 0.3) is 0 Å². The summed E-state index contributed by atoms with van der Waals surface area (Å²) in [5, 5.41) is 1.19. The van der Waals surface area contributed by atoms with Gasteiger partial charge in [-0.2, -0.15) is 0 Å². The summed E-state index contributed by atoms with van der Waals surface area (Å²) in [4.78, 5) is 29.5. The molecule has 4 aromatic carbocycles. The Morgan fingerprint density at radius 1 is 0.710 bits per heavy atom. The molecule has 2 heterocycles. The van der Waals surface area contributed by atoms with Crippen LogP contribution in [0.4, 0.5) is 0 Å². The number of ketones is 1. The van der Waals surface area contributed by atoms with Crippen LogP contribution in [0.25, 0.3) is 20.2 Å². The number of rotatable bonds is 2. The maximum Gasteiger partial charge on any atom is 0.196 e. The lowest BCUT2D eigenvalue weighted by Crippen LogP contribution is -2.13. The SMILES string of the molecule is O=C(c1cccc2c1Cc1ccccc1S2)c1cccc2sc3ccccc3c(=O)c12. The van der Waals surface area contributed by atoms with Crippen LogP contribution >= 0.6 is 23.1 Å².